The summed E-state index contributed by atoms with van der Waals surface area (Å²) in [6.45, 7) is 0.982. The molecule has 4 heteroatoms. The molecule has 1 aromatic carbocycles. The van der Waals surface area contributed by atoms with E-state index < -0.39 is 6.10 Å². The molecule has 2 N–H and O–H groups in total. The van der Waals surface area contributed by atoms with Crippen LogP contribution >= 0.6 is 27.5 Å². The summed E-state index contributed by atoms with van der Waals surface area (Å²) in [5, 5.41) is 14.4. The highest BCUT2D eigenvalue weighted by Gasteiger charge is 2.23. The van der Waals surface area contributed by atoms with E-state index in [1.54, 1.807) is 0 Å². The van der Waals surface area contributed by atoms with E-state index in [4.69, 9.17) is 11.6 Å². The molecule has 0 radical (unpaired) electrons. The molecule has 0 aliphatic carbocycles. The second-order valence-corrected chi connectivity index (χ2v) is 5.84. The zero-order valence-corrected chi connectivity index (χ0v) is 12.0. The van der Waals surface area contributed by atoms with E-state index in [1.165, 1.54) is 19.3 Å². The fourth-order valence-electron chi connectivity index (χ4n) is 2.28. The van der Waals surface area contributed by atoms with Crippen LogP contribution < -0.4 is 5.32 Å². The van der Waals surface area contributed by atoms with Crippen LogP contribution in [0.4, 0.5) is 0 Å². The predicted octanol–water partition coefficient (Wildman–Crippen LogP) is 3.67. The first-order valence-electron chi connectivity index (χ1n) is 6.05. The fraction of sp³-hybridized carbons (Fsp3) is 0.538. The first-order valence-corrected chi connectivity index (χ1v) is 7.22. The summed E-state index contributed by atoms with van der Waals surface area (Å²) >= 11 is 9.54. The van der Waals surface area contributed by atoms with Gasteiger partial charge in [0.05, 0.1) is 6.10 Å². The number of benzene rings is 1. The van der Waals surface area contributed by atoms with E-state index >= 15 is 0 Å². The average molecular weight is 319 g/mol. The van der Waals surface area contributed by atoms with Gasteiger partial charge in [-0.25, -0.2) is 0 Å². The van der Waals surface area contributed by atoms with Crippen molar-refractivity contribution in [3.05, 3.63) is 33.3 Å². The van der Waals surface area contributed by atoms with Gasteiger partial charge in [-0.05, 0) is 31.5 Å². The Morgan fingerprint density at radius 2 is 2.18 bits per heavy atom. The summed E-state index contributed by atoms with van der Waals surface area (Å²) < 4.78 is 0.937. The molecule has 1 aliphatic rings. The zero-order valence-electron chi connectivity index (χ0n) is 9.63. The molecule has 2 atom stereocenters. The molecule has 17 heavy (non-hydrogen) atoms. The summed E-state index contributed by atoms with van der Waals surface area (Å²) in [5.74, 6) is 0. The first-order chi connectivity index (χ1) is 8.18. The molecule has 1 heterocycles. The van der Waals surface area contributed by atoms with Crippen molar-refractivity contribution in [2.75, 3.05) is 6.54 Å². The summed E-state index contributed by atoms with van der Waals surface area (Å²) in [6, 6.07) is 5.76. The van der Waals surface area contributed by atoms with Gasteiger partial charge < -0.3 is 10.4 Å². The van der Waals surface area contributed by atoms with E-state index in [-0.39, 0.29) is 6.04 Å². The topological polar surface area (TPSA) is 32.3 Å². The van der Waals surface area contributed by atoms with Crippen LogP contribution in [0.1, 0.15) is 37.4 Å². The Kier molecular flexibility index (Phi) is 4.86. The quantitative estimate of drug-likeness (QED) is 0.872. The monoisotopic (exact) mass is 317 g/mol. The largest absolute Gasteiger partial charge is 0.387 e. The lowest BCUT2D eigenvalue weighted by Gasteiger charge is -2.23. The third kappa shape index (κ3) is 3.44. The standard InChI is InChI=1S/C13H17BrClNO/c14-9-5-6-10(11(15)8-9)13(17)12-4-2-1-3-7-16-12/h5-6,8,12-13,16-17H,1-4,7H2. The second kappa shape index (κ2) is 6.19. The Morgan fingerprint density at radius 3 is 2.94 bits per heavy atom. The normalized spacial score (nSPS) is 23.1. The molecule has 1 aliphatic heterocycles. The molecule has 1 fully saturated rings. The lowest BCUT2D eigenvalue weighted by molar-refractivity contribution is 0.126. The van der Waals surface area contributed by atoms with Crippen molar-refractivity contribution in [2.45, 2.75) is 37.8 Å². The van der Waals surface area contributed by atoms with Gasteiger partial charge in [-0.2, -0.15) is 0 Å². The van der Waals surface area contributed by atoms with Gasteiger partial charge in [0.15, 0.2) is 0 Å². The molecule has 2 nitrogen and oxygen atoms in total. The maximum atomic E-state index is 10.4. The van der Waals surface area contributed by atoms with E-state index in [1.807, 2.05) is 18.2 Å². The Balaban J connectivity index is 2.14. The molecule has 0 aromatic heterocycles. The number of hydrogen-bond donors (Lipinski definition) is 2. The Morgan fingerprint density at radius 1 is 1.35 bits per heavy atom. The number of aliphatic hydroxyl groups is 1. The zero-order chi connectivity index (χ0) is 12.3. The van der Waals surface area contributed by atoms with E-state index in [9.17, 15) is 5.11 Å². The number of nitrogens with one attached hydrogen (secondary N) is 1. The van der Waals surface area contributed by atoms with Gasteiger partial charge in [-0.1, -0.05) is 46.4 Å². The van der Waals surface area contributed by atoms with Crippen molar-refractivity contribution < 1.29 is 5.11 Å². The average Bonchev–Trinajstić information content (AvgIpc) is 2.56. The molecule has 1 saturated heterocycles. The molecule has 94 valence electrons. The minimum Gasteiger partial charge on any atom is -0.387 e. The molecule has 1 aromatic rings. The smallest absolute Gasteiger partial charge is 0.0957 e. The molecule has 2 unspecified atom stereocenters. The molecule has 0 amide bonds. The Bertz CT molecular complexity index is 378. The van der Waals surface area contributed by atoms with Crippen molar-refractivity contribution in [1.29, 1.82) is 0 Å². The maximum absolute atomic E-state index is 10.4. The molecular weight excluding hydrogens is 302 g/mol. The molecule has 0 saturated carbocycles. The highest BCUT2D eigenvalue weighted by Crippen LogP contribution is 2.30. The van der Waals surface area contributed by atoms with Crippen molar-refractivity contribution >= 4 is 27.5 Å². The third-order valence-electron chi connectivity index (χ3n) is 3.26. The SMILES string of the molecule is OC(c1ccc(Br)cc1Cl)C1CCCCCN1. The van der Waals surface area contributed by atoms with Gasteiger partial charge in [-0.15, -0.1) is 0 Å². The second-order valence-electron chi connectivity index (χ2n) is 4.52. The molecular formula is C13H17BrClNO. The first kappa shape index (κ1) is 13.3. The number of rotatable bonds is 2. The van der Waals surface area contributed by atoms with Gasteiger partial charge >= 0.3 is 0 Å². The molecule has 0 bridgehead atoms. The van der Waals surface area contributed by atoms with Crippen LogP contribution in [-0.2, 0) is 0 Å². The summed E-state index contributed by atoms with van der Waals surface area (Å²) in [6.07, 6.45) is 4.09. The van der Waals surface area contributed by atoms with Crippen molar-refractivity contribution in [3.63, 3.8) is 0 Å². The summed E-state index contributed by atoms with van der Waals surface area (Å²) in [5.41, 5.74) is 0.814. The molecule has 2 rings (SSSR count). The maximum Gasteiger partial charge on any atom is 0.0957 e. The van der Waals surface area contributed by atoms with Gasteiger partial charge in [0, 0.05) is 21.1 Å². The van der Waals surface area contributed by atoms with E-state index in [2.05, 4.69) is 21.2 Å². The third-order valence-corrected chi connectivity index (χ3v) is 4.08. The lowest BCUT2D eigenvalue weighted by Crippen LogP contribution is -2.34. The number of halogens is 2. The van der Waals surface area contributed by atoms with Crippen LogP contribution in [0.15, 0.2) is 22.7 Å². The van der Waals surface area contributed by atoms with Gasteiger partial charge in [0.25, 0.3) is 0 Å². The van der Waals surface area contributed by atoms with Crippen LogP contribution in [0.25, 0.3) is 0 Å². The summed E-state index contributed by atoms with van der Waals surface area (Å²) in [7, 11) is 0. The van der Waals surface area contributed by atoms with Crippen LogP contribution in [0.3, 0.4) is 0 Å². The van der Waals surface area contributed by atoms with Gasteiger partial charge in [-0.3, -0.25) is 0 Å². The number of hydrogen-bond acceptors (Lipinski definition) is 2. The van der Waals surface area contributed by atoms with Gasteiger partial charge in [0.1, 0.15) is 0 Å². The number of aliphatic hydroxyl groups excluding tert-OH is 1. The highest BCUT2D eigenvalue weighted by atomic mass is 79.9. The lowest BCUT2D eigenvalue weighted by atomic mass is 9.98. The highest BCUT2D eigenvalue weighted by molar-refractivity contribution is 9.10. The van der Waals surface area contributed by atoms with Crippen molar-refractivity contribution in [3.8, 4) is 0 Å². The van der Waals surface area contributed by atoms with E-state index in [0.29, 0.717) is 5.02 Å². The minimum absolute atomic E-state index is 0.121. The Hall–Kier alpha value is -0.0900. The van der Waals surface area contributed by atoms with E-state index in [0.717, 1.165) is 23.0 Å². The van der Waals surface area contributed by atoms with Crippen LogP contribution in [0.5, 0.6) is 0 Å². The fourth-order valence-corrected chi connectivity index (χ4v) is 3.07. The van der Waals surface area contributed by atoms with Crippen molar-refractivity contribution in [2.24, 2.45) is 0 Å². The van der Waals surface area contributed by atoms with Crippen LogP contribution in [0, 0.1) is 0 Å². The Labute approximate surface area is 115 Å². The predicted molar refractivity (Wildman–Crippen MR) is 74.4 cm³/mol. The van der Waals surface area contributed by atoms with Gasteiger partial charge in [0.2, 0.25) is 0 Å². The molecule has 0 spiro atoms. The van der Waals surface area contributed by atoms with Crippen LogP contribution in [-0.4, -0.2) is 17.7 Å². The summed E-state index contributed by atoms with van der Waals surface area (Å²) in [4.78, 5) is 0. The minimum atomic E-state index is -0.520. The van der Waals surface area contributed by atoms with Crippen LogP contribution in [0.2, 0.25) is 5.02 Å². The van der Waals surface area contributed by atoms with Crippen molar-refractivity contribution in [1.82, 2.24) is 5.32 Å².